The van der Waals surface area contributed by atoms with Gasteiger partial charge >= 0.3 is 0 Å². The van der Waals surface area contributed by atoms with Crippen LogP contribution in [0, 0.1) is 11.8 Å². The summed E-state index contributed by atoms with van der Waals surface area (Å²) in [6.07, 6.45) is 2.16. The molecule has 0 spiro atoms. The van der Waals surface area contributed by atoms with Gasteiger partial charge in [-0.3, -0.25) is 4.79 Å². The van der Waals surface area contributed by atoms with Crippen molar-refractivity contribution in [1.29, 1.82) is 0 Å². The van der Waals surface area contributed by atoms with Crippen molar-refractivity contribution in [3.63, 3.8) is 0 Å². The van der Waals surface area contributed by atoms with Crippen molar-refractivity contribution >= 4 is 5.91 Å². The summed E-state index contributed by atoms with van der Waals surface area (Å²) in [6.45, 7) is 6.41. The van der Waals surface area contributed by atoms with Crippen molar-refractivity contribution in [3.05, 3.63) is 0 Å². The van der Waals surface area contributed by atoms with Crippen molar-refractivity contribution in [3.8, 4) is 0 Å². The molecule has 16 heavy (non-hydrogen) atoms. The van der Waals surface area contributed by atoms with E-state index in [2.05, 4.69) is 12.2 Å². The molecule has 0 aromatic rings. The maximum Gasteiger partial charge on any atom is 0.226 e. The van der Waals surface area contributed by atoms with Gasteiger partial charge in [0, 0.05) is 31.6 Å². The maximum absolute atomic E-state index is 12.2. The standard InChI is InChI=1S/C12H25N3O/c1-9-4-5-15(11(6-9)7-13)12(16)10(2)8-14-3/h9-11,14H,4-8,13H2,1-3H3. The Morgan fingerprint density at radius 3 is 2.88 bits per heavy atom. The third kappa shape index (κ3) is 3.19. The summed E-state index contributed by atoms with van der Waals surface area (Å²) in [4.78, 5) is 14.2. The first-order valence-corrected chi connectivity index (χ1v) is 6.25. The minimum absolute atomic E-state index is 0.0486. The highest BCUT2D eigenvalue weighted by Gasteiger charge is 2.30. The minimum atomic E-state index is 0.0486. The van der Waals surface area contributed by atoms with E-state index in [9.17, 15) is 4.79 Å². The number of amides is 1. The molecule has 1 fully saturated rings. The summed E-state index contributed by atoms with van der Waals surface area (Å²) < 4.78 is 0. The Balaban J connectivity index is 2.59. The number of nitrogens with zero attached hydrogens (tertiary/aromatic N) is 1. The molecule has 0 aromatic heterocycles. The lowest BCUT2D eigenvalue weighted by atomic mass is 9.91. The van der Waals surface area contributed by atoms with Gasteiger partial charge in [0.25, 0.3) is 0 Å². The number of hydrogen-bond donors (Lipinski definition) is 2. The number of hydrogen-bond acceptors (Lipinski definition) is 3. The molecule has 0 aliphatic carbocycles. The molecule has 1 amide bonds. The van der Waals surface area contributed by atoms with Crippen LogP contribution in [0.25, 0.3) is 0 Å². The number of likely N-dealkylation sites (tertiary alicyclic amines) is 1. The summed E-state index contributed by atoms with van der Waals surface area (Å²) in [5, 5.41) is 3.05. The lowest BCUT2D eigenvalue weighted by molar-refractivity contribution is -0.139. The van der Waals surface area contributed by atoms with Crippen LogP contribution in [0.4, 0.5) is 0 Å². The Morgan fingerprint density at radius 2 is 2.31 bits per heavy atom. The topological polar surface area (TPSA) is 58.4 Å². The third-order valence-electron chi connectivity index (χ3n) is 3.47. The van der Waals surface area contributed by atoms with Gasteiger partial charge in [-0.1, -0.05) is 13.8 Å². The molecule has 1 rings (SSSR count). The van der Waals surface area contributed by atoms with E-state index in [0.29, 0.717) is 12.5 Å². The zero-order valence-corrected chi connectivity index (χ0v) is 10.7. The second-order valence-corrected chi connectivity index (χ2v) is 5.01. The van der Waals surface area contributed by atoms with Crippen molar-refractivity contribution in [2.24, 2.45) is 17.6 Å². The fourth-order valence-corrected chi connectivity index (χ4v) is 2.44. The first-order chi connectivity index (χ1) is 7.60. The van der Waals surface area contributed by atoms with Gasteiger partial charge in [-0.2, -0.15) is 0 Å². The molecule has 1 heterocycles. The molecule has 3 unspecified atom stereocenters. The number of piperidine rings is 1. The van der Waals surface area contributed by atoms with E-state index >= 15 is 0 Å². The predicted molar refractivity (Wildman–Crippen MR) is 66.0 cm³/mol. The van der Waals surface area contributed by atoms with Gasteiger partial charge < -0.3 is 16.0 Å². The van der Waals surface area contributed by atoms with E-state index in [4.69, 9.17) is 5.73 Å². The molecule has 0 aromatic carbocycles. The second kappa shape index (κ2) is 6.21. The van der Waals surface area contributed by atoms with Gasteiger partial charge in [-0.15, -0.1) is 0 Å². The summed E-state index contributed by atoms with van der Waals surface area (Å²) >= 11 is 0. The zero-order valence-electron chi connectivity index (χ0n) is 10.7. The van der Waals surface area contributed by atoms with E-state index < -0.39 is 0 Å². The monoisotopic (exact) mass is 227 g/mol. The Kier molecular flexibility index (Phi) is 5.22. The van der Waals surface area contributed by atoms with Crippen LogP contribution in [0.3, 0.4) is 0 Å². The molecule has 0 radical (unpaired) electrons. The number of carbonyl (C=O) groups excluding carboxylic acids is 1. The first kappa shape index (κ1) is 13.5. The number of nitrogens with two attached hydrogens (primary N) is 1. The average Bonchev–Trinajstić information content (AvgIpc) is 2.28. The van der Waals surface area contributed by atoms with Gasteiger partial charge in [-0.25, -0.2) is 0 Å². The van der Waals surface area contributed by atoms with Crippen LogP contribution in [-0.2, 0) is 4.79 Å². The van der Waals surface area contributed by atoms with Gasteiger partial charge in [0.1, 0.15) is 0 Å². The zero-order chi connectivity index (χ0) is 12.1. The van der Waals surface area contributed by atoms with Gasteiger partial charge in [0.05, 0.1) is 0 Å². The normalized spacial score (nSPS) is 27.9. The summed E-state index contributed by atoms with van der Waals surface area (Å²) in [6, 6.07) is 0.246. The Hall–Kier alpha value is -0.610. The fraction of sp³-hybridized carbons (Fsp3) is 0.917. The Bertz CT molecular complexity index is 232. The van der Waals surface area contributed by atoms with Gasteiger partial charge in [-0.05, 0) is 25.8 Å². The molecule has 4 heteroatoms. The fourth-order valence-electron chi connectivity index (χ4n) is 2.44. The van der Waals surface area contributed by atoms with Crippen molar-refractivity contribution in [2.75, 3.05) is 26.7 Å². The van der Waals surface area contributed by atoms with Crippen molar-refractivity contribution in [1.82, 2.24) is 10.2 Å². The van der Waals surface area contributed by atoms with E-state index in [0.717, 1.165) is 25.9 Å². The molecule has 3 atom stereocenters. The smallest absolute Gasteiger partial charge is 0.226 e. The van der Waals surface area contributed by atoms with Gasteiger partial charge in [0.15, 0.2) is 0 Å². The van der Waals surface area contributed by atoms with Crippen molar-refractivity contribution in [2.45, 2.75) is 32.7 Å². The molecule has 0 saturated carbocycles. The predicted octanol–water partition coefficient (Wildman–Crippen LogP) is 0.428. The van der Waals surface area contributed by atoms with Crippen LogP contribution < -0.4 is 11.1 Å². The van der Waals surface area contributed by atoms with E-state index in [1.165, 1.54) is 0 Å². The van der Waals surface area contributed by atoms with E-state index in [-0.39, 0.29) is 17.9 Å². The molecule has 1 aliphatic rings. The van der Waals surface area contributed by atoms with Crippen LogP contribution in [0.1, 0.15) is 26.7 Å². The largest absolute Gasteiger partial charge is 0.338 e. The number of rotatable bonds is 4. The highest BCUT2D eigenvalue weighted by atomic mass is 16.2. The molecule has 94 valence electrons. The SMILES string of the molecule is CNCC(C)C(=O)N1CCC(C)CC1CN. The summed E-state index contributed by atoms with van der Waals surface area (Å²) in [7, 11) is 1.88. The van der Waals surface area contributed by atoms with Crippen LogP contribution in [0.15, 0.2) is 0 Å². The minimum Gasteiger partial charge on any atom is -0.338 e. The van der Waals surface area contributed by atoms with Gasteiger partial charge in [0.2, 0.25) is 5.91 Å². The Morgan fingerprint density at radius 1 is 1.62 bits per heavy atom. The Labute approximate surface area is 98.6 Å². The summed E-state index contributed by atoms with van der Waals surface area (Å²) in [5.74, 6) is 0.987. The van der Waals surface area contributed by atoms with E-state index in [1.807, 2.05) is 18.9 Å². The molecule has 3 N–H and O–H groups in total. The highest BCUT2D eigenvalue weighted by molar-refractivity contribution is 5.79. The molecule has 4 nitrogen and oxygen atoms in total. The molecule has 1 saturated heterocycles. The molecular formula is C12H25N3O. The quantitative estimate of drug-likeness (QED) is 0.732. The second-order valence-electron chi connectivity index (χ2n) is 5.01. The molecule has 0 bridgehead atoms. The van der Waals surface area contributed by atoms with Crippen LogP contribution in [0.2, 0.25) is 0 Å². The maximum atomic E-state index is 12.2. The lowest BCUT2D eigenvalue weighted by Gasteiger charge is -2.39. The highest BCUT2D eigenvalue weighted by Crippen LogP contribution is 2.23. The average molecular weight is 227 g/mol. The first-order valence-electron chi connectivity index (χ1n) is 6.25. The van der Waals surface area contributed by atoms with Crippen LogP contribution in [0.5, 0.6) is 0 Å². The third-order valence-corrected chi connectivity index (χ3v) is 3.47. The van der Waals surface area contributed by atoms with Crippen LogP contribution >= 0.6 is 0 Å². The van der Waals surface area contributed by atoms with E-state index in [1.54, 1.807) is 0 Å². The lowest BCUT2D eigenvalue weighted by Crippen LogP contribution is -2.51. The molecular weight excluding hydrogens is 202 g/mol. The number of nitrogens with one attached hydrogen (secondary N) is 1. The van der Waals surface area contributed by atoms with Crippen molar-refractivity contribution < 1.29 is 4.79 Å². The number of carbonyl (C=O) groups is 1. The summed E-state index contributed by atoms with van der Waals surface area (Å²) in [5.41, 5.74) is 5.76. The molecule has 1 aliphatic heterocycles. The van der Waals surface area contributed by atoms with Crippen LogP contribution in [-0.4, -0.2) is 43.5 Å².